The number of rotatable bonds is 5. The number of benzene rings is 3. The molecule has 0 saturated heterocycles. The van der Waals surface area contributed by atoms with Gasteiger partial charge in [0.1, 0.15) is 11.4 Å². The Balaban J connectivity index is 1.37. The van der Waals surface area contributed by atoms with E-state index in [4.69, 9.17) is 4.74 Å². The van der Waals surface area contributed by atoms with E-state index in [1.54, 1.807) is 17.2 Å². The van der Waals surface area contributed by atoms with Gasteiger partial charge in [0, 0.05) is 23.9 Å². The molecule has 5 rings (SSSR count). The molecule has 3 aromatic carbocycles. The van der Waals surface area contributed by atoms with Crippen molar-refractivity contribution in [3.8, 4) is 39.7 Å². The summed E-state index contributed by atoms with van der Waals surface area (Å²) in [4.78, 5) is 5.79. The maximum absolute atomic E-state index is 5.81. The number of aromatic nitrogens is 4. The first-order valence-corrected chi connectivity index (χ1v) is 9.63. The second-order valence-corrected chi connectivity index (χ2v) is 6.73. The number of ether oxygens (including phenoxy) is 1. The van der Waals surface area contributed by atoms with Gasteiger partial charge < -0.3 is 4.74 Å². The minimum atomic E-state index is 0.544. The molecule has 2 aromatic heterocycles. The Morgan fingerprint density at radius 3 is 2.23 bits per heavy atom. The van der Waals surface area contributed by atoms with E-state index >= 15 is 0 Å². The summed E-state index contributed by atoms with van der Waals surface area (Å²) in [5.74, 6) is 1.22. The largest absolute Gasteiger partial charge is 0.439 e. The van der Waals surface area contributed by atoms with Crippen molar-refractivity contribution in [1.82, 2.24) is 20.0 Å². The summed E-state index contributed by atoms with van der Waals surface area (Å²) in [5, 5.41) is 9.06. The topological polar surface area (TPSA) is 52.8 Å². The van der Waals surface area contributed by atoms with Gasteiger partial charge in [-0.05, 0) is 29.3 Å². The first-order chi connectivity index (χ1) is 14.8. The van der Waals surface area contributed by atoms with E-state index in [1.807, 2.05) is 60.7 Å². The predicted octanol–water partition coefficient (Wildman–Crippen LogP) is 5.79. The Bertz CT molecular complexity index is 1250. The maximum atomic E-state index is 5.81. The van der Waals surface area contributed by atoms with E-state index in [0.29, 0.717) is 11.6 Å². The van der Waals surface area contributed by atoms with Crippen LogP contribution in [0.25, 0.3) is 28.1 Å². The molecule has 0 radical (unpaired) electrons. The van der Waals surface area contributed by atoms with Crippen molar-refractivity contribution in [3.05, 3.63) is 109 Å². The minimum Gasteiger partial charge on any atom is -0.439 e. The molecule has 0 bridgehead atoms. The standard InChI is InChI=1S/C25H18N4O/c1-2-7-19(8-3-1)20-12-14-21(15-13-20)24-18-27-29(28-24)22-9-6-10-23(17-22)30-25-11-4-5-16-26-25/h1-18H. The maximum Gasteiger partial charge on any atom is 0.219 e. The molecule has 5 nitrogen and oxygen atoms in total. The van der Waals surface area contributed by atoms with Gasteiger partial charge in [-0.15, -0.1) is 5.10 Å². The summed E-state index contributed by atoms with van der Waals surface area (Å²) in [7, 11) is 0. The van der Waals surface area contributed by atoms with Gasteiger partial charge in [0.2, 0.25) is 5.88 Å². The monoisotopic (exact) mass is 390 g/mol. The lowest BCUT2D eigenvalue weighted by Gasteiger charge is -2.06. The van der Waals surface area contributed by atoms with Crippen LogP contribution >= 0.6 is 0 Å². The fourth-order valence-electron chi connectivity index (χ4n) is 3.18. The highest BCUT2D eigenvalue weighted by molar-refractivity contribution is 5.68. The predicted molar refractivity (Wildman–Crippen MR) is 117 cm³/mol. The molecule has 0 fully saturated rings. The van der Waals surface area contributed by atoms with Crippen LogP contribution in [-0.4, -0.2) is 20.0 Å². The molecule has 5 aromatic rings. The normalized spacial score (nSPS) is 10.7. The number of nitrogens with zero attached hydrogens (tertiary/aromatic N) is 4. The molecule has 0 spiro atoms. The molecule has 0 N–H and O–H groups in total. The van der Waals surface area contributed by atoms with Crippen molar-refractivity contribution in [2.75, 3.05) is 0 Å². The molecular formula is C25H18N4O. The van der Waals surface area contributed by atoms with Crippen LogP contribution in [-0.2, 0) is 0 Å². The summed E-state index contributed by atoms with van der Waals surface area (Å²) in [6, 6.07) is 31.8. The summed E-state index contributed by atoms with van der Waals surface area (Å²) in [6.45, 7) is 0. The van der Waals surface area contributed by atoms with Crippen molar-refractivity contribution in [1.29, 1.82) is 0 Å². The summed E-state index contributed by atoms with van der Waals surface area (Å²) in [6.07, 6.45) is 3.47. The molecular weight excluding hydrogens is 372 g/mol. The highest BCUT2D eigenvalue weighted by atomic mass is 16.5. The molecule has 0 saturated carbocycles. The molecule has 30 heavy (non-hydrogen) atoms. The lowest BCUT2D eigenvalue weighted by atomic mass is 10.0. The van der Waals surface area contributed by atoms with Gasteiger partial charge in [0.25, 0.3) is 0 Å². The van der Waals surface area contributed by atoms with E-state index in [9.17, 15) is 0 Å². The first-order valence-electron chi connectivity index (χ1n) is 9.63. The fraction of sp³-hybridized carbons (Fsp3) is 0. The molecule has 0 aliphatic carbocycles. The van der Waals surface area contributed by atoms with E-state index < -0.39 is 0 Å². The SMILES string of the molecule is c1ccc(-c2ccc(-c3cnn(-c4cccc(Oc5ccccn5)c4)n3)cc2)cc1. The third-order valence-electron chi connectivity index (χ3n) is 4.69. The van der Waals surface area contributed by atoms with Crippen LogP contribution in [0.5, 0.6) is 11.6 Å². The molecule has 5 heteroatoms. The second kappa shape index (κ2) is 8.01. The van der Waals surface area contributed by atoms with Gasteiger partial charge in [0.15, 0.2) is 0 Å². The molecule has 2 heterocycles. The molecule has 0 atom stereocenters. The third-order valence-corrected chi connectivity index (χ3v) is 4.69. The van der Waals surface area contributed by atoms with Gasteiger partial charge in [-0.1, -0.05) is 66.7 Å². The van der Waals surface area contributed by atoms with E-state index in [1.165, 1.54) is 11.1 Å². The van der Waals surface area contributed by atoms with Crippen molar-refractivity contribution in [3.63, 3.8) is 0 Å². The van der Waals surface area contributed by atoms with Crippen molar-refractivity contribution in [2.45, 2.75) is 0 Å². The van der Waals surface area contributed by atoms with E-state index in [0.717, 1.165) is 16.9 Å². The fourth-order valence-corrected chi connectivity index (χ4v) is 3.18. The zero-order valence-corrected chi connectivity index (χ0v) is 16.1. The third kappa shape index (κ3) is 3.82. The van der Waals surface area contributed by atoms with Gasteiger partial charge >= 0.3 is 0 Å². The Labute approximate surface area is 174 Å². The van der Waals surface area contributed by atoms with Crippen LogP contribution in [0.1, 0.15) is 0 Å². The van der Waals surface area contributed by atoms with Gasteiger partial charge in [-0.25, -0.2) is 4.98 Å². The zero-order chi connectivity index (χ0) is 20.2. The number of pyridine rings is 1. The van der Waals surface area contributed by atoms with Crippen molar-refractivity contribution in [2.24, 2.45) is 0 Å². The van der Waals surface area contributed by atoms with Gasteiger partial charge in [-0.2, -0.15) is 9.90 Å². The van der Waals surface area contributed by atoms with Gasteiger partial charge in [-0.3, -0.25) is 0 Å². The second-order valence-electron chi connectivity index (χ2n) is 6.73. The summed E-state index contributed by atoms with van der Waals surface area (Å²) >= 11 is 0. The molecule has 144 valence electrons. The smallest absolute Gasteiger partial charge is 0.219 e. The van der Waals surface area contributed by atoms with Crippen LogP contribution in [0, 0.1) is 0 Å². The Hall–Kier alpha value is -4.25. The van der Waals surface area contributed by atoms with Crippen molar-refractivity contribution < 1.29 is 4.74 Å². The van der Waals surface area contributed by atoms with Crippen LogP contribution in [0.15, 0.2) is 109 Å². The summed E-state index contributed by atoms with van der Waals surface area (Å²) in [5.41, 5.74) is 5.01. The first kappa shape index (κ1) is 17.8. The average Bonchev–Trinajstić information content (AvgIpc) is 3.31. The number of hydrogen-bond acceptors (Lipinski definition) is 4. The zero-order valence-electron chi connectivity index (χ0n) is 16.1. The molecule has 0 aliphatic heterocycles. The highest BCUT2D eigenvalue weighted by Gasteiger charge is 2.08. The van der Waals surface area contributed by atoms with Crippen LogP contribution in [0.4, 0.5) is 0 Å². The average molecular weight is 390 g/mol. The number of hydrogen-bond donors (Lipinski definition) is 0. The minimum absolute atomic E-state index is 0.544. The highest BCUT2D eigenvalue weighted by Crippen LogP contribution is 2.25. The van der Waals surface area contributed by atoms with E-state index in [-0.39, 0.29) is 0 Å². The quantitative estimate of drug-likeness (QED) is 0.381. The Morgan fingerprint density at radius 2 is 1.43 bits per heavy atom. The Kier molecular flexibility index (Phi) is 4.76. The van der Waals surface area contributed by atoms with Crippen LogP contribution in [0.2, 0.25) is 0 Å². The molecule has 0 unspecified atom stereocenters. The van der Waals surface area contributed by atoms with Gasteiger partial charge in [0.05, 0.1) is 11.9 Å². The van der Waals surface area contributed by atoms with Crippen LogP contribution < -0.4 is 4.74 Å². The lowest BCUT2D eigenvalue weighted by Crippen LogP contribution is -1.99. The van der Waals surface area contributed by atoms with Crippen LogP contribution in [0.3, 0.4) is 0 Å². The van der Waals surface area contributed by atoms with E-state index in [2.05, 4.69) is 51.6 Å². The van der Waals surface area contributed by atoms with Crippen molar-refractivity contribution >= 4 is 0 Å². The molecule has 0 amide bonds. The Morgan fingerprint density at radius 1 is 0.667 bits per heavy atom. The summed E-state index contributed by atoms with van der Waals surface area (Å²) < 4.78 is 5.81. The molecule has 0 aliphatic rings. The lowest BCUT2D eigenvalue weighted by molar-refractivity contribution is 0.462.